The molecular weight excluding hydrogens is 604 g/mol. The summed E-state index contributed by atoms with van der Waals surface area (Å²) in [7, 11) is 0. The van der Waals surface area contributed by atoms with Gasteiger partial charge in [-0.25, -0.2) is 23.7 Å². The monoisotopic (exact) mass is 639 g/mol. The number of anilines is 5. The number of aryl methyl sites for hydroxylation is 2. The van der Waals surface area contributed by atoms with Gasteiger partial charge >= 0.3 is 0 Å². The van der Waals surface area contributed by atoms with Gasteiger partial charge in [-0.1, -0.05) is 18.2 Å². The summed E-state index contributed by atoms with van der Waals surface area (Å²) in [5.74, 6) is -1.16. The van der Waals surface area contributed by atoms with Crippen molar-refractivity contribution in [3.05, 3.63) is 107 Å². The molecule has 0 spiro atoms. The molecule has 4 heterocycles. The van der Waals surface area contributed by atoms with E-state index in [1.165, 1.54) is 30.6 Å². The smallest absolute Gasteiger partial charge is 0.270 e. The normalized spacial score (nSPS) is 13.7. The summed E-state index contributed by atoms with van der Waals surface area (Å²) in [6, 6.07) is 18.5. The fourth-order valence-electron chi connectivity index (χ4n) is 5.19. The third-order valence-corrected chi connectivity index (χ3v) is 7.68. The molecule has 0 aliphatic carbocycles. The molecule has 1 aliphatic rings. The number of hydrogen-bond acceptors (Lipinski definition) is 9. The van der Waals surface area contributed by atoms with Gasteiger partial charge in [0.2, 0.25) is 0 Å². The lowest BCUT2D eigenvalue weighted by molar-refractivity contribution is 0.0174. The molecule has 0 saturated carbocycles. The van der Waals surface area contributed by atoms with Gasteiger partial charge in [-0.15, -0.1) is 0 Å². The minimum Gasteiger partial charge on any atom is -0.379 e. The van der Waals surface area contributed by atoms with E-state index in [-0.39, 0.29) is 11.1 Å². The molecule has 1 saturated heterocycles. The number of alkyl halides is 2. The van der Waals surface area contributed by atoms with Crippen molar-refractivity contribution in [3.8, 4) is 5.82 Å². The van der Waals surface area contributed by atoms with Gasteiger partial charge in [0.25, 0.3) is 11.8 Å². The number of hydrogen-bond donors (Lipinski definition) is 3. The number of rotatable bonds is 10. The summed E-state index contributed by atoms with van der Waals surface area (Å²) < 4.78 is 34.8. The van der Waals surface area contributed by atoms with E-state index in [1.54, 1.807) is 29.1 Å². The third kappa shape index (κ3) is 7.94. The number of pyridine rings is 1. The van der Waals surface area contributed by atoms with E-state index in [2.05, 4.69) is 40.9 Å². The van der Waals surface area contributed by atoms with Crippen molar-refractivity contribution >= 4 is 34.7 Å². The molecule has 1 amide bonds. The van der Waals surface area contributed by atoms with Crippen molar-refractivity contribution in [2.24, 2.45) is 0 Å². The molecule has 13 heteroatoms. The number of nitrogens with zero attached hydrogens (tertiary/aromatic N) is 6. The van der Waals surface area contributed by atoms with Crippen LogP contribution in [0.25, 0.3) is 5.82 Å². The van der Waals surface area contributed by atoms with Crippen molar-refractivity contribution in [3.63, 3.8) is 0 Å². The minimum atomic E-state index is -3.05. The molecule has 3 aromatic heterocycles. The standard InChI is InChI=1S/C34H35F2N9O2/c1-22-7-8-27(40-33(46)25-5-4-6-26(17-25)34(3,35)36)18-28(22)41-32-15-23(2)43-45(32)31-19-30(38-21-39-31)42-29-16-24(9-10-37-29)20-44-11-13-47-14-12-44/h4-10,15-19,21,41H,11-14,20H2,1-3H3,(H,40,46)(H,37,38,39,42). The second-order valence-electron chi connectivity index (χ2n) is 11.5. The fraction of sp³-hybridized carbons (Fsp3) is 0.265. The lowest BCUT2D eigenvalue weighted by Crippen LogP contribution is -2.35. The molecule has 47 heavy (non-hydrogen) atoms. The fourth-order valence-corrected chi connectivity index (χ4v) is 5.19. The molecule has 1 fully saturated rings. The van der Waals surface area contributed by atoms with E-state index < -0.39 is 11.8 Å². The van der Waals surface area contributed by atoms with Gasteiger partial charge in [0.15, 0.2) is 5.82 Å². The van der Waals surface area contributed by atoms with Gasteiger partial charge in [0.1, 0.15) is 23.8 Å². The topological polar surface area (TPSA) is 122 Å². The summed E-state index contributed by atoms with van der Waals surface area (Å²) in [5, 5.41) is 14.1. The number of benzene rings is 2. The average Bonchev–Trinajstić information content (AvgIpc) is 3.43. The first-order valence-corrected chi connectivity index (χ1v) is 15.2. The van der Waals surface area contributed by atoms with Gasteiger partial charge in [0.05, 0.1) is 18.9 Å². The minimum absolute atomic E-state index is 0.139. The van der Waals surface area contributed by atoms with Crippen LogP contribution in [0.5, 0.6) is 0 Å². The van der Waals surface area contributed by atoms with E-state index in [9.17, 15) is 13.6 Å². The Balaban J connectivity index is 1.18. The first kappa shape index (κ1) is 31.7. The van der Waals surface area contributed by atoms with Crippen LogP contribution in [-0.4, -0.2) is 61.8 Å². The van der Waals surface area contributed by atoms with Crippen LogP contribution in [0, 0.1) is 13.8 Å². The predicted octanol–water partition coefficient (Wildman–Crippen LogP) is 6.36. The zero-order valence-corrected chi connectivity index (χ0v) is 26.3. The third-order valence-electron chi connectivity index (χ3n) is 7.68. The van der Waals surface area contributed by atoms with Crippen LogP contribution in [0.3, 0.4) is 0 Å². The van der Waals surface area contributed by atoms with E-state index in [0.29, 0.717) is 34.6 Å². The molecular formula is C34H35F2N9O2. The van der Waals surface area contributed by atoms with Gasteiger partial charge in [0, 0.05) is 67.4 Å². The Morgan fingerprint density at radius 2 is 1.74 bits per heavy atom. The maximum Gasteiger partial charge on any atom is 0.270 e. The van der Waals surface area contributed by atoms with Crippen molar-refractivity contribution in [1.29, 1.82) is 0 Å². The highest BCUT2D eigenvalue weighted by atomic mass is 19.3. The maximum atomic E-state index is 13.8. The summed E-state index contributed by atoms with van der Waals surface area (Å²) in [4.78, 5) is 28.6. The van der Waals surface area contributed by atoms with Crippen LogP contribution in [0.15, 0.2) is 79.3 Å². The molecule has 0 unspecified atom stereocenters. The number of amides is 1. The zero-order chi connectivity index (χ0) is 33.0. The van der Waals surface area contributed by atoms with Crippen molar-refractivity contribution in [1.82, 2.24) is 29.6 Å². The summed E-state index contributed by atoms with van der Waals surface area (Å²) in [5.41, 5.74) is 3.93. The lowest BCUT2D eigenvalue weighted by atomic mass is 10.1. The molecule has 2 aromatic carbocycles. The maximum absolute atomic E-state index is 13.8. The van der Waals surface area contributed by atoms with E-state index in [0.717, 1.165) is 56.6 Å². The summed E-state index contributed by atoms with van der Waals surface area (Å²) in [6.45, 7) is 8.70. The Kier molecular flexibility index (Phi) is 9.18. The Morgan fingerprint density at radius 1 is 0.936 bits per heavy atom. The number of carbonyl (C=O) groups excluding carboxylic acids is 1. The van der Waals surface area contributed by atoms with Crippen LogP contribution in [0.2, 0.25) is 0 Å². The van der Waals surface area contributed by atoms with E-state index in [1.807, 2.05) is 38.1 Å². The molecule has 6 rings (SSSR count). The number of morpholine rings is 1. The molecule has 11 nitrogen and oxygen atoms in total. The zero-order valence-electron chi connectivity index (χ0n) is 26.3. The Hall–Kier alpha value is -5.27. The highest BCUT2D eigenvalue weighted by Gasteiger charge is 2.25. The van der Waals surface area contributed by atoms with Gasteiger partial charge in [-0.05, 0) is 61.4 Å². The van der Waals surface area contributed by atoms with Crippen LogP contribution in [0.4, 0.5) is 37.6 Å². The molecule has 242 valence electrons. The Bertz CT molecular complexity index is 1880. The number of aromatic nitrogens is 5. The van der Waals surface area contributed by atoms with Gasteiger partial charge < -0.3 is 20.7 Å². The second kappa shape index (κ2) is 13.6. The van der Waals surface area contributed by atoms with Gasteiger partial charge in [-0.3, -0.25) is 9.69 Å². The van der Waals surface area contributed by atoms with E-state index in [4.69, 9.17) is 4.74 Å². The number of nitrogens with one attached hydrogen (secondary N) is 3. The molecule has 0 bridgehead atoms. The summed E-state index contributed by atoms with van der Waals surface area (Å²) in [6.07, 6.45) is 3.24. The summed E-state index contributed by atoms with van der Waals surface area (Å²) >= 11 is 0. The largest absolute Gasteiger partial charge is 0.379 e. The quantitative estimate of drug-likeness (QED) is 0.160. The molecule has 0 atom stereocenters. The van der Waals surface area contributed by atoms with Crippen molar-refractivity contribution < 1.29 is 18.3 Å². The Morgan fingerprint density at radius 3 is 2.55 bits per heavy atom. The number of carbonyl (C=O) groups is 1. The van der Waals surface area contributed by atoms with E-state index >= 15 is 0 Å². The SMILES string of the molecule is Cc1cc(Nc2cc(NC(=O)c3cccc(C(C)(F)F)c3)ccc2C)n(-c2cc(Nc3cc(CN4CCOCC4)ccn3)ncn2)n1. The highest BCUT2D eigenvalue weighted by Crippen LogP contribution is 2.29. The molecule has 3 N–H and O–H groups in total. The predicted molar refractivity (Wildman–Crippen MR) is 176 cm³/mol. The number of halogens is 2. The second-order valence-corrected chi connectivity index (χ2v) is 11.5. The van der Waals surface area contributed by atoms with Crippen LogP contribution in [0.1, 0.15) is 39.7 Å². The first-order chi connectivity index (χ1) is 22.6. The number of ether oxygens (including phenoxy) is 1. The Labute approximate surface area is 271 Å². The van der Waals surface area contributed by atoms with Crippen LogP contribution >= 0.6 is 0 Å². The van der Waals surface area contributed by atoms with Crippen LogP contribution in [-0.2, 0) is 17.2 Å². The van der Waals surface area contributed by atoms with Gasteiger partial charge in [-0.2, -0.15) is 9.78 Å². The van der Waals surface area contributed by atoms with Crippen LogP contribution < -0.4 is 16.0 Å². The molecule has 1 aliphatic heterocycles. The average molecular weight is 640 g/mol. The first-order valence-electron chi connectivity index (χ1n) is 15.2. The van der Waals surface area contributed by atoms with Crippen molar-refractivity contribution in [2.45, 2.75) is 33.2 Å². The lowest BCUT2D eigenvalue weighted by Gasteiger charge is -2.26. The highest BCUT2D eigenvalue weighted by molar-refractivity contribution is 6.04. The molecule has 0 radical (unpaired) electrons. The van der Waals surface area contributed by atoms with Crippen molar-refractivity contribution in [2.75, 3.05) is 42.3 Å². The molecule has 5 aromatic rings.